The fraction of sp³-hybridized carbons (Fsp3) is 0.533. The lowest BCUT2D eigenvalue weighted by molar-refractivity contribution is 0.186. The maximum absolute atomic E-state index is 5.87. The first-order chi connectivity index (χ1) is 9.78. The molecule has 0 amide bonds. The van der Waals surface area contributed by atoms with E-state index in [9.17, 15) is 0 Å². The summed E-state index contributed by atoms with van der Waals surface area (Å²) in [6.07, 6.45) is 2.08. The van der Waals surface area contributed by atoms with Crippen LogP contribution in [0.1, 0.15) is 12.0 Å². The monoisotopic (exact) mass is 423 g/mol. The number of halogens is 2. The summed E-state index contributed by atoms with van der Waals surface area (Å²) in [4.78, 5) is 4.23. The SMILES string of the molecule is CN=C(NCCc1ccc(Cl)cc1)NCC1CCOC1.I. The number of nitrogens with one attached hydrogen (secondary N) is 2. The Labute approximate surface area is 148 Å². The van der Waals surface area contributed by atoms with Crippen LogP contribution in [0.2, 0.25) is 5.02 Å². The molecule has 1 atom stereocenters. The van der Waals surface area contributed by atoms with Crippen LogP contribution in [0, 0.1) is 5.92 Å². The molecule has 0 spiro atoms. The van der Waals surface area contributed by atoms with Crippen molar-refractivity contribution in [2.75, 3.05) is 33.4 Å². The van der Waals surface area contributed by atoms with Crippen LogP contribution < -0.4 is 10.6 Å². The van der Waals surface area contributed by atoms with E-state index in [0.29, 0.717) is 5.92 Å². The van der Waals surface area contributed by atoms with E-state index in [1.807, 2.05) is 12.1 Å². The lowest BCUT2D eigenvalue weighted by Crippen LogP contribution is -2.40. The van der Waals surface area contributed by atoms with Gasteiger partial charge in [0.25, 0.3) is 0 Å². The number of aliphatic imine (C=N–C) groups is 1. The van der Waals surface area contributed by atoms with Crippen LogP contribution in [0.5, 0.6) is 0 Å². The van der Waals surface area contributed by atoms with Crippen LogP contribution in [-0.4, -0.2) is 39.3 Å². The van der Waals surface area contributed by atoms with Crippen LogP contribution in [-0.2, 0) is 11.2 Å². The first kappa shape index (κ1) is 18.5. The third-order valence-corrected chi connectivity index (χ3v) is 3.68. The lowest BCUT2D eigenvalue weighted by atomic mass is 10.1. The summed E-state index contributed by atoms with van der Waals surface area (Å²) in [6, 6.07) is 7.94. The number of ether oxygens (including phenoxy) is 1. The minimum absolute atomic E-state index is 0. The molecule has 1 heterocycles. The van der Waals surface area contributed by atoms with Crippen molar-refractivity contribution in [1.82, 2.24) is 10.6 Å². The van der Waals surface area contributed by atoms with Gasteiger partial charge in [-0.05, 0) is 30.5 Å². The first-order valence-corrected chi connectivity index (χ1v) is 7.42. The molecule has 1 saturated heterocycles. The van der Waals surface area contributed by atoms with E-state index < -0.39 is 0 Å². The van der Waals surface area contributed by atoms with Crippen molar-refractivity contribution >= 4 is 41.5 Å². The van der Waals surface area contributed by atoms with Gasteiger partial charge in [-0.3, -0.25) is 4.99 Å². The molecule has 2 rings (SSSR count). The number of rotatable bonds is 5. The maximum atomic E-state index is 5.87. The van der Waals surface area contributed by atoms with Gasteiger partial charge in [0.1, 0.15) is 0 Å². The van der Waals surface area contributed by atoms with Crippen molar-refractivity contribution in [2.45, 2.75) is 12.8 Å². The third kappa shape index (κ3) is 6.84. The Morgan fingerprint density at radius 2 is 2.10 bits per heavy atom. The van der Waals surface area contributed by atoms with Crippen LogP contribution in [0.15, 0.2) is 29.3 Å². The highest BCUT2D eigenvalue weighted by atomic mass is 127. The van der Waals surface area contributed by atoms with Gasteiger partial charge in [0.2, 0.25) is 0 Å². The van der Waals surface area contributed by atoms with Gasteiger partial charge in [-0.15, -0.1) is 24.0 Å². The topological polar surface area (TPSA) is 45.7 Å². The molecule has 2 N–H and O–H groups in total. The standard InChI is InChI=1S/C15H22ClN3O.HI/c1-17-15(19-10-13-7-9-20-11-13)18-8-6-12-2-4-14(16)5-3-12;/h2-5,13H,6-11H2,1H3,(H2,17,18,19);1H. The average molecular weight is 424 g/mol. The highest BCUT2D eigenvalue weighted by molar-refractivity contribution is 14.0. The largest absolute Gasteiger partial charge is 0.381 e. The van der Waals surface area contributed by atoms with E-state index in [-0.39, 0.29) is 24.0 Å². The number of nitrogens with zero attached hydrogens (tertiary/aromatic N) is 1. The number of guanidine groups is 1. The molecule has 21 heavy (non-hydrogen) atoms. The molecule has 0 aromatic heterocycles. The Kier molecular flexibility index (Phi) is 9.03. The predicted octanol–water partition coefficient (Wildman–Crippen LogP) is 2.70. The maximum Gasteiger partial charge on any atom is 0.190 e. The van der Waals surface area contributed by atoms with Crippen LogP contribution in [0.3, 0.4) is 0 Å². The summed E-state index contributed by atoms with van der Waals surface area (Å²) in [6.45, 7) is 3.51. The Morgan fingerprint density at radius 3 is 2.71 bits per heavy atom. The van der Waals surface area contributed by atoms with Gasteiger partial charge in [0.15, 0.2) is 5.96 Å². The molecule has 118 valence electrons. The summed E-state index contributed by atoms with van der Waals surface area (Å²) in [5, 5.41) is 7.44. The van der Waals surface area contributed by atoms with Crippen molar-refractivity contribution in [3.05, 3.63) is 34.9 Å². The number of hydrogen-bond donors (Lipinski definition) is 2. The summed E-state index contributed by atoms with van der Waals surface area (Å²) < 4.78 is 5.36. The molecule has 1 unspecified atom stereocenters. The second kappa shape index (κ2) is 10.2. The van der Waals surface area contributed by atoms with Crippen molar-refractivity contribution in [1.29, 1.82) is 0 Å². The van der Waals surface area contributed by atoms with Crippen LogP contribution in [0.4, 0.5) is 0 Å². The fourth-order valence-corrected chi connectivity index (χ4v) is 2.31. The summed E-state index contributed by atoms with van der Waals surface area (Å²) in [5.41, 5.74) is 1.27. The van der Waals surface area contributed by atoms with E-state index in [4.69, 9.17) is 16.3 Å². The Hall–Kier alpha value is -0.530. The molecule has 1 aliphatic heterocycles. The van der Waals surface area contributed by atoms with Gasteiger partial charge >= 0.3 is 0 Å². The van der Waals surface area contributed by atoms with Gasteiger partial charge < -0.3 is 15.4 Å². The molecule has 1 fully saturated rings. The van der Waals surface area contributed by atoms with E-state index in [1.165, 1.54) is 5.56 Å². The Bertz CT molecular complexity index is 433. The minimum Gasteiger partial charge on any atom is -0.381 e. The van der Waals surface area contributed by atoms with Gasteiger partial charge in [-0.1, -0.05) is 23.7 Å². The normalized spacial score (nSPS) is 18.2. The average Bonchev–Trinajstić information content (AvgIpc) is 2.98. The molecule has 1 aliphatic rings. The van der Waals surface area contributed by atoms with Gasteiger partial charge in [-0.2, -0.15) is 0 Å². The molecular weight excluding hydrogens is 401 g/mol. The molecule has 0 radical (unpaired) electrons. The van der Waals surface area contributed by atoms with E-state index >= 15 is 0 Å². The van der Waals surface area contributed by atoms with Gasteiger partial charge in [0, 0.05) is 37.7 Å². The van der Waals surface area contributed by atoms with E-state index in [0.717, 1.165) is 50.1 Å². The van der Waals surface area contributed by atoms with Crippen molar-refractivity contribution < 1.29 is 4.74 Å². The molecular formula is C15H23ClIN3O. The first-order valence-electron chi connectivity index (χ1n) is 7.04. The van der Waals surface area contributed by atoms with E-state index in [1.54, 1.807) is 7.05 Å². The highest BCUT2D eigenvalue weighted by Crippen LogP contribution is 2.10. The van der Waals surface area contributed by atoms with E-state index in [2.05, 4.69) is 27.8 Å². The molecule has 1 aromatic carbocycles. The Balaban J connectivity index is 0.00000220. The second-order valence-electron chi connectivity index (χ2n) is 4.99. The van der Waals surface area contributed by atoms with Crippen molar-refractivity contribution in [2.24, 2.45) is 10.9 Å². The van der Waals surface area contributed by atoms with Gasteiger partial charge in [-0.25, -0.2) is 0 Å². The van der Waals surface area contributed by atoms with Crippen molar-refractivity contribution in [3.8, 4) is 0 Å². The quantitative estimate of drug-likeness (QED) is 0.435. The summed E-state index contributed by atoms with van der Waals surface area (Å²) in [5.74, 6) is 1.45. The zero-order valence-corrected chi connectivity index (χ0v) is 15.4. The number of hydrogen-bond acceptors (Lipinski definition) is 2. The zero-order valence-electron chi connectivity index (χ0n) is 12.3. The molecule has 0 aliphatic carbocycles. The van der Waals surface area contributed by atoms with Crippen LogP contribution >= 0.6 is 35.6 Å². The number of benzene rings is 1. The fourth-order valence-electron chi connectivity index (χ4n) is 2.18. The summed E-state index contributed by atoms with van der Waals surface area (Å²) >= 11 is 5.87. The molecule has 0 bridgehead atoms. The predicted molar refractivity (Wildman–Crippen MR) is 98.9 cm³/mol. The smallest absolute Gasteiger partial charge is 0.190 e. The highest BCUT2D eigenvalue weighted by Gasteiger charge is 2.15. The Morgan fingerprint density at radius 1 is 1.33 bits per heavy atom. The van der Waals surface area contributed by atoms with Crippen LogP contribution in [0.25, 0.3) is 0 Å². The zero-order chi connectivity index (χ0) is 14.2. The second-order valence-corrected chi connectivity index (χ2v) is 5.42. The summed E-state index contributed by atoms with van der Waals surface area (Å²) in [7, 11) is 1.79. The third-order valence-electron chi connectivity index (χ3n) is 3.43. The van der Waals surface area contributed by atoms with Gasteiger partial charge in [0.05, 0.1) is 6.61 Å². The molecule has 6 heteroatoms. The lowest BCUT2D eigenvalue weighted by Gasteiger charge is -2.14. The minimum atomic E-state index is 0. The molecule has 1 aromatic rings. The molecule has 4 nitrogen and oxygen atoms in total. The molecule has 0 saturated carbocycles. The van der Waals surface area contributed by atoms with Crippen molar-refractivity contribution in [3.63, 3.8) is 0 Å².